The summed E-state index contributed by atoms with van der Waals surface area (Å²) in [6.07, 6.45) is 1.14. The van der Waals surface area contributed by atoms with Gasteiger partial charge in [-0.1, -0.05) is 20.8 Å². The van der Waals surface area contributed by atoms with Crippen molar-refractivity contribution in [3.63, 3.8) is 0 Å². The fourth-order valence-corrected chi connectivity index (χ4v) is 7.44. The van der Waals surface area contributed by atoms with E-state index in [1.54, 1.807) is 6.92 Å². The van der Waals surface area contributed by atoms with E-state index in [9.17, 15) is 16.8 Å². The molecule has 0 saturated heterocycles. The molecule has 1 saturated carbocycles. The van der Waals surface area contributed by atoms with E-state index >= 15 is 0 Å². The molecule has 0 spiro atoms. The van der Waals surface area contributed by atoms with E-state index in [4.69, 9.17) is 4.43 Å². The van der Waals surface area contributed by atoms with Crippen molar-refractivity contribution in [3.8, 4) is 0 Å². The van der Waals surface area contributed by atoms with Gasteiger partial charge in [-0.2, -0.15) is 8.42 Å². The van der Waals surface area contributed by atoms with Gasteiger partial charge in [-0.3, -0.25) is 4.18 Å². The van der Waals surface area contributed by atoms with Gasteiger partial charge in [-0.15, -0.1) is 0 Å². The second kappa shape index (κ2) is 6.98. The molecule has 1 atom stereocenters. The van der Waals surface area contributed by atoms with Crippen molar-refractivity contribution >= 4 is 28.3 Å². The lowest BCUT2D eigenvalue weighted by molar-refractivity contribution is 0.281. The Balaban J connectivity index is 2.72. The molecule has 24 heavy (non-hydrogen) atoms. The van der Waals surface area contributed by atoms with E-state index in [0.29, 0.717) is 25.9 Å². The molecule has 0 aromatic rings. The minimum absolute atomic E-state index is 0.0688. The summed E-state index contributed by atoms with van der Waals surface area (Å²) in [6.45, 7) is 12.7. The van der Waals surface area contributed by atoms with Crippen LogP contribution in [0, 0.1) is 0 Å². The molecule has 0 aromatic carbocycles. The first-order chi connectivity index (χ1) is 10.6. The molecule has 9 heteroatoms. The van der Waals surface area contributed by atoms with E-state index in [-0.39, 0.29) is 5.04 Å². The molecule has 0 bridgehead atoms. The summed E-state index contributed by atoms with van der Waals surface area (Å²) >= 11 is 0. The highest BCUT2D eigenvalue weighted by atomic mass is 32.2. The standard InChI is InChI=1S/C15H32O6S2Si/c1-13(8-11-21-24(6,7)14(2,3)4)23(18,19)15(9-10-15)12-22(16,17)20-5/h13H,8-12H2,1-7H3. The molecule has 144 valence electrons. The minimum atomic E-state index is -3.80. The summed E-state index contributed by atoms with van der Waals surface area (Å²) in [7, 11) is -8.20. The van der Waals surface area contributed by atoms with Crippen molar-refractivity contribution in [2.24, 2.45) is 0 Å². The highest BCUT2D eigenvalue weighted by Gasteiger charge is 2.58. The Morgan fingerprint density at radius 2 is 1.62 bits per heavy atom. The van der Waals surface area contributed by atoms with Crippen LogP contribution < -0.4 is 0 Å². The Bertz CT molecular complexity index is 642. The molecule has 0 heterocycles. The summed E-state index contributed by atoms with van der Waals surface area (Å²) < 4.78 is 58.3. The third-order valence-electron chi connectivity index (χ3n) is 5.43. The summed E-state index contributed by atoms with van der Waals surface area (Å²) in [5, 5.41) is -0.559. The monoisotopic (exact) mass is 400 g/mol. The molecule has 0 aliphatic heterocycles. The van der Waals surface area contributed by atoms with Gasteiger partial charge in [0.2, 0.25) is 0 Å². The quantitative estimate of drug-likeness (QED) is 0.437. The van der Waals surface area contributed by atoms with Gasteiger partial charge in [0.15, 0.2) is 18.2 Å². The van der Waals surface area contributed by atoms with Crippen LogP contribution in [-0.2, 0) is 28.6 Å². The van der Waals surface area contributed by atoms with Gasteiger partial charge in [0.25, 0.3) is 10.1 Å². The van der Waals surface area contributed by atoms with Gasteiger partial charge >= 0.3 is 0 Å². The molecule has 0 N–H and O–H groups in total. The fourth-order valence-electron chi connectivity index (χ4n) is 2.31. The lowest BCUT2D eigenvalue weighted by Gasteiger charge is -2.36. The normalized spacial score (nSPS) is 20.0. The zero-order chi connectivity index (χ0) is 19.0. The van der Waals surface area contributed by atoms with E-state index in [0.717, 1.165) is 7.11 Å². The van der Waals surface area contributed by atoms with E-state index in [1.165, 1.54) is 0 Å². The van der Waals surface area contributed by atoms with Crippen LogP contribution in [0.5, 0.6) is 0 Å². The van der Waals surface area contributed by atoms with E-state index < -0.39 is 44.0 Å². The number of hydrogen-bond donors (Lipinski definition) is 0. The largest absolute Gasteiger partial charge is 0.417 e. The average molecular weight is 401 g/mol. The molecule has 1 rings (SSSR count). The Morgan fingerprint density at radius 3 is 2.00 bits per heavy atom. The number of sulfone groups is 1. The van der Waals surface area contributed by atoms with Crippen LogP contribution in [0.15, 0.2) is 0 Å². The molecule has 0 radical (unpaired) electrons. The summed E-state index contributed by atoms with van der Waals surface area (Å²) in [5.41, 5.74) is 0. The molecule has 1 fully saturated rings. The lowest BCUT2D eigenvalue weighted by Crippen LogP contribution is -2.42. The van der Waals surface area contributed by atoms with Gasteiger partial charge < -0.3 is 4.43 Å². The predicted molar refractivity (Wildman–Crippen MR) is 98.9 cm³/mol. The molecule has 1 aliphatic carbocycles. The lowest BCUT2D eigenvalue weighted by atomic mass is 10.2. The maximum absolute atomic E-state index is 12.8. The Labute approximate surface area is 148 Å². The van der Waals surface area contributed by atoms with Crippen molar-refractivity contribution in [3.05, 3.63) is 0 Å². The predicted octanol–water partition coefficient (Wildman–Crippen LogP) is 2.71. The summed E-state index contributed by atoms with van der Waals surface area (Å²) in [5.74, 6) is -0.452. The summed E-state index contributed by atoms with van der Waals surface area (Å²) in [4.78, 5) is 0. The molecule has 1 aliphatic rings. The van der Waals surface area contributed by atoms with Crippen LogP contribution in [0.25, 0.3) is 0 Å². The van der Waals surface area contributed by atoms with Gasteiger partial charge in [0.1, 0.15) is 0 Å². The van der Waals surface area contributed by atoms with Crippen LogP contribution in [-0.4, -0.2) is 54.6 Å². The van der Waals surface area contributed by atoms with Crippen molar-refractivity contribution in [2.75, 3.05) is 19.5 Å². The third kappa shape index (κ3) is 4.81. The summed E-state index contributed by atoms with van der Waals surface area (Å²) in [6, 6.07) is 0. The second-order valence-electron chi connectivity index (χ2n) is 8.30. The first kappa shape index (κ1) is 22.1. The third-order valence-corrected chi connectivity index (χ3v) is 14.6. The Morgan fingerprint density at radius 1 is 1.12 bits per heavy atom. The average Bonchev–Trinajstić information content (AvgIpc) is 3.17. The SMILES string of the molecule is COS(=O)(=O)CC1(S(=O)(=O)C(C)CCO[Si](C)(C)C(C)(C)C)CC1. The van der Waals surface area contributed by atoms with Gasteiger partial charge in [-0.05, 0) is 44.3 Å². The molecule has 1 unspecified atom stereocenters. The van der Waals surface area contributed by atoms with Gasteiger partial charge in [-0.25, -0.2) is 8.42 Å². The molecule has 0 amide bonds. The topological polar surface area (TPSA) is 86.7 Å². The maximum Gasteiger partial charge on any atom is 0.268 e. The van der Waals surface area contributed by atoms with Crippen molar-refractivity contribution in [2.45, 2.75) is 75.1 Å². The number of hydrogen-bond acceptors (Lipinski definition) is 6. The maximum atomic E-state index is 12.8. The van der Waals surface area contributed by atoms with Crippen LogP contribution in [0.1, 0.15) is 47.0 Å². The molecule has 0 aromatic heterocycles. The highest BCUT2D eigenvalue weighted by molar-refractivity contribution is 7.95. The first-order valence-electron chi connectivity index (χ1n) is 8.26. The minimum Gasteiger partial charge on any atom is -0.417 e. The van der Waals surface area contributed by atoms with Crippen molar-refractivity contribution in [1.29, 1.82) is 0 Å². The van der Waals surface area contributed by atoms with Crippen LogP contribution >= 0.6 is 0 Å². The van der Waals surface area contributed by atoms with Crippen LogP contribution in [0.3, 0.4) is 0 Å². The second-order valence-corrected chi connectivity index (χ2v) is 17.6. The molecular weight excluding hydrogens is 368 g/mol. The van der Waals surface area contributed by atoms with E-state index in [2.05, 4.69) is 38.0 Å². The molecular formula is C15H32O6S2Si. The number of rotatable bonds is 9. The van der Waals surface area contributed by atoms with Crippen molar-refractivity contribution in [1.82, 2.24) is 0 Å². The van der Waals surface area contributed by atoms with Crippen LogP contribution in [0.4, 0.5) is 0 Å². The zero-order valence-electron chi connectivity index (χ0n) is 15.9. The van der Waals surface area contributed by atoms with E-state index in [1.807, 2.05) is 0 Å². The zero-order valence-corrected chi connectivity index (χ0v) is 18.5. The smallest absolute Gasteiger partial charge is 0.268 e. The first-order valence-corrected chi connectivity index (χ1v) is 14.3. The van der Waals surface area contributed by atoms with Gasteiger partial charge in [0.05, 0.1) is 22.9 Å². The Hall–Kier alpha value is 0.0369. The van der Waals surface area contributed by atoms with Gasteiger partial charge in [0, 0.05) is 6.61 Å². The molecule has 6 nitrogen and oxygen atoms in total. The Kier molecular flexibility index (Phi) is 6.42. The van der Waals surface area contributed by atoms with Crippen molar-refractivity contribution < 1.29 is 25.4 Å². The van der Waals surface area contributed by atoms with Crippen LogP contribution in [0.2, 0.25) is 18.1 Å². The highest BCUT2D eigenvalue weighted by Crippen LogP contribution is 2.47. The fraction of sp³-hybridized carbons (Fsp3) is 1.00.